The molecular formula is C22H30N2O4S. The fraction of sp³-hybridized carbons (Fsp3) is 0.409. The number of hydrogen-bond donors (Lipinski definition) is 1. The van der Waals surface area contributed by atoms with Crippen molar-refractivity contribution < 1.29 is 17.9 Å². The first-order valence-electron chi connectivity index (χ1n) is 9.74. The van der Waals surface area contributed by atoms with Crippen molar-refractivity contribution in [1.82, 2.24) is 5.32 Å². The maximum atomic E-state index is 12.3. The fourth-order valence-electron chi connectivity index (χ4n) is 3.06. The van der Waals surface area contributed by atoms with Crippen LogP contribution in [0.15, 0.2) is 42.5 Å². The Bertz CT molecular complexity index is 942. The molecule has 0 bridgehead atoms. The highest BCUT2D eigenvalue weighted by Crippen LogP contribution is 2.24. The number of nitrogens with zero attached hydrogens (tertiary/aromatic N) is 1. The molecule has 2 aromatic rings. The quantitative estimate of drug-likeness (QED) is 0.640. The third-order valence-electron chi connectivity index (χ3n) is 4.55. The lowest BCUT2D eigenvalue weighted by Gasteiger charge is -2.24. The highest BCUT2D eigenvalue weighted by atomic mass is 32.2. The van der Waals surface area contributed by atoms with Crippen molar-refractivity contribution in [3.8, 4) is 5.75 Å². The maximum absolute atomic E-state index is 12.3. The van der Waals surface area contributed by atoms with Gasteiger partial charge in [0.15, 0.2) is 0 Å². The number of aryl methyl sites for hydroxylation is 2. The van der Waals surface area contributed by atoms with Crippen LogP contribution in [-0.2, 0) is 21.4 Å². The van der Waals surface area contributed by atoms with E-state index in [1.165, 1.54) is 10.6 Å². The van der Waals surface area contributed by atoms with Gasteiger partial charge in [-0.1, -0.05) is 30.3 Å². The number of anilines is 1. The predicted octanol–water partition coefficient (Wildman–Crippen LogP) is 3.56. The van der Waals surface area contributed by atoms with E-state index in [0.717, 1.165) is 22.4 Å². The van der Waals surface area contributed by atoms with E-state index in [2.05, 4.69) is 5.32 Å². The topological polar surface area (TPSA) is 75.7 Å². The van der Waals surface area contributed by atoms with Crippen molar-refractivity contribution >= 4 is 21.6 Å². The Morgan fingerprint density at radius 3 is 2.55 bits per heavy atom. The van der Waals surface area contributed by atoms with Crippen LogP contribution in [0.3, 0.4) is 0 Å². The normalized spacial score (nSPS) is 11.2. The van der Waals surface area contributed by atoms with Crippen LogP contribution in [0.5, 0.6) is 5.75 Å². The van der Waals surface area contributed by atoms with Gasteiger partial charge in [0.25, 0.3) is 0 Å². The van der Waals surface area contributed by atoms with E-state index < -0.39 is 10.0 Å². The van der Waals surface area contributed by atoms with Crippen molar-refractivity contribution in [3.63, 3.8) is 0 Å². The zero-order chi connectivity index (χ0) is 21.4. The largest absolute Gasteiger partial charge is 0.494 e. The fourth-order valence-corrected chi connectivity index (χ4v) is 4.08. The minimum Gasteiger partial charge on any atom is -0.494 e. The molecule has 2 aromatic carbocycles. The lowest BCUT2D eigenvalue weighted by atomic mass is 10.1. The summed E-state index contributed by atoms with van der Waals surface area (Å²) in [5.74, 6) is 0.638. The number of nitrogens with one attached hydrogen (secondary N) is 1. The molecule has 0 saturated heterocycles. The van der Waals surface area contributed by atoms with Crippen molar-refractivity contribution in [1.29, 1.82) is 0 Å². The monoisotopic (exact) mass is 418 g/mol. The number of hydrogen-bond acceptors (Lipinski definition) is 4. The molecule has 0 spiro atoms. The lowest BCUT2D eigenvalue weighted by molar-refractivity contribution is -0.121. The highest BCUT2D eigenvalue weighted by molar-refractivity contribution is 7.92. The molecule has 0 unspecified atom stereocenters. The summed E-state index contributed by atoms with van der Waals surface area (Å²) in [6.45, 7) is 6.92. The van der Waals surface area contributed by atoms with Crippen molar-refractivity contribution in [2.45, 2.75) is 40.2 Å². The first kappa shape index (κ1) is 22.7. The molecule has 2 rings (SSSR count). The summed E-state index contributed by atoms with van der Waals surface area (Å²) in [7, 11) is -3.44. The summed E-state index contributed by atoms with van der Waals surface area (Å²) in [6, 6.07) is 13.3. The van der Waals surface area contributed by atoms with Gasteiger partial charge in [0, 0.05) is 25.1 Å². The molecule has 7 heteroatoms. The minimum absolute atomic E-state index is 0.120. The number of carbonyl (C=O) groups excluding carboxylic acids is 1. The van der Waals surface area contributed by atoms with Crippen molar-refractivity contribution in [2.75, 3.05) is 23.7 Å². The van der Waals surface area contributed by atoms with Gasteiger partial charge in [0.2, 0.25) is 15.9 Å². The molecule has 6 nitrogen and oxygen atoms in total. The number of carbonyl (C=O) groups is 1. The van der Waals surface area contributed by atoms with Gasteiger partial charge in [-0.3, -0.25) is 9.10 Å². The Hall–Kier alpha value is -2.54. The summed E-state index contributed by atoms with van der Waals surface area (Å²) in [6.07, 6.45) is 1.87. The lowest BCUT2D eigenvalue weighted by Crippen LogP contribution is -2.32. The second kappa shape index (κ2) is 10.3. The van der Waals surface area contributed by atoms with Crippen LogP contribution >= 0.6 is 0 Å². The molecule has 1 N–H and O–H groups in total. The minimum atomic E-state index is -3.44. The molecule has 29 heavy (non-hydrogen) atoms. The van der Waals surface area contributed by atoms with Crippen LogP contribution in [0.4, 0.5) is 5.69 Å². The number of benzene rings is 2. The van der Waals surface area contributed by atoms with Gasteiger partial charge in [-0.15, -0.1) is 0 Å². The van der Waals surface area contributed by atoms with Crippen LogP contribution in [0, 0.1) is 13.8 Å². The van der Waals surface area contributed by atoms with Crippen LogP contribution < -0.4 is 14.4 Å². The van der Waals surface area contributed by atoms with Gasteiger partial charge >= 0.3 is 0 Å². The number of para-hydroxylation sites is 1. The number of rotatable bonds is 10. The highest BCUT2D eigenvalue weighted by Gasteiger charge is 2.19. The van der Waals surface area contributed by atoms with E-state index in [1.54, 1.807) is 0 Å². The maximum Gasteiger partial charge on any atom is 0.232 e. The second-order valence-electron chi connectivity index (χ2n) is 7.05. The average molecular weight is 419 g/mol. The number of ether oxygens (including phenoxy) is 1. The second-order valence-corrected chi connectivity index (χ2v) is 8.95. The molecule has 1 amide bonds. The van der Waals surface area contributed by atoms with Crippen LogP contribution in [0.2, 0.25) is 0 Å². The Morgan fingerprint density at radius 2 is 1.86 bits per heavy atom. The molecule has 0 aliphatic rings. The van der Waals surface area contributed by atoms with Gasteiger partial charge < -0.3 is 10.1 Å². The molecule has 0 aliphatic carbocycles. The van der Waals surface area contributed by atoms with E-state index in [-0.39, 0.29) is 18.9 Å². The third kappa shape index (κ3) is 6.78. The standard InChI is InChI=1S/C22H30N2O4S/c1-5-28-21-10-7-6-9-19(21)16-23-22(25)11-8-14-24(29(4,26)27)20-15-17(2)12-13-18(20)3/h6-7,9-10,12-13,15H,5,8,11,14,16H2,1-4H3,(H,23,25). The predicted molar refractivity (Wildman–Crippen MR) is 117 cm³/mol. The Morgan fingerprint density at radius 1 is 1.14 bits per heavy atom. The van der Waals surface area contributed by atoms with E-state index in [0.29, 0.717) is 25.3 Å². The molecule has 158 valence electrons. The zero-order valence-electron chi connectivity index (χ0n) is 17.6. The molecule has 0 aliphatic heterocycles. The Labute approximate surface area is 173 Å². The molecule has 0 fully saturated rings. The van der Waals surface area contributed by atoms with Crippen molar-refractivity contribution in [2.24, 2.45) is 0 Å². The van der Waals surface area contributed by atoms with Crippen molar-refractivity contribution in [3.05, 3.63) is 59.2 Å². The third-order valence-corrected chi connectivity index (χ3v) is 5.73. The molecule has 0 atom stereocenters. The summed E-state index contributed by atoms with van der Waals surface area (Å²) < 4.78 is 31.5. The van der Waals surface area contributed by atoms with Crippen LogP contribution in [-0.4, -0.2) is 33.7 Å². The molecule has 0 radical (unpaired) electrons. The summed E-state index contributed by atoms with van der Waals surface area (Å²) in [5, 5.41) is 2.88. The van der Waals surface area contributed by atoms with Gasteiger partial charge in [-0.2, -0.15) is 0 Å². The molecule has 0 saturated carbocycles. The van der Waals surface area contributed by atoms with E-state index >= 15 is 0 Å². The smallest absolute Gasteiger partial charge is 0.232 e. The zero-order valence-corrected chi connectivity index (χ0v) is 18.4. The first-order chi connectivity index (χ1) is 13.7. The summed E-state index contributed by atoms with van der Waals surface area (Å²) >= 11 is 0. The Balaban J connectivity index is 1.94. The van der Waals surface area contributed by atoms with Gasteiger partial charge in [0.05, 0.1) is 18.6 Å². The van der Waals surface area contributed by atoms with E-state index in [9.17, 15) is 13.2 Å². The summed E-state index contributed by atoms with van der Waals surface area (Å²) in [5.41, 5.74) is 3.46. The number of sulfonamides is 1. The van der Waals surface area contributed by atoms with Crippen LogP contribution in [0.1, 0.15) is 36.5 Å². The van der Waals surface area contributed by atoms with E-state index in [1.807, 2.05) is 63.2 Å². The molecule has 0 aromatic heterocycles. The van der Waals surface area contributed by atoms with Crippen LogP contribution in [0.25, 0.3) is 0 Å². The first-order valence-corrected chi connectivity index (χ1v) is 11.6. The SMILES string of the molecule is CCOc1ccccc1CNC(=O)CCCN(c1cc(C)ccc1C)S(C)(=O)=O. The van der Waals surface area contributed by atoms with Gasteiger partial charge in [-0.05, 0) is 50.5 Å². The van der Waals surface area contributed by atoms with Gasteiger partial charge in [0.1, 0.15) is 5.75 Å². The Kier molecular flexibility index (Phi) is 8.08. The summed E-state index contributed by atoms with van der Waals surface area (Å²) in [4.78, 5) is 12.3. The molecule has 0 heterocycles. The number of amides is 1. The van der Waals surface area contributed by atoms with Gasteiger partial charge in [-0.25, -0.2) is 8.42 Å². The average Bonchev–Trinajstić information content (AvgIpc) is 2.66. The van der Waals surface area contributed by atoms with E-state index in [4.69, 9.17) is 4.74 Å². The molecular weight excluding hydrogens is 388 g/mol.